The van der Waals surface area contributed by atoms with Crippen molar-refractivity contribution in [2.75, 3.05) is 28.2 Å². The Bertz CT molecular complexity index is 1880. The van der Waals surface area contributed by atoms with E-state index < -0.39 is 17.7 Å². The van der Waals surface area contributed by atoms with E-state index in [1.165, 1.54) is 4.68 Å². The number of hydrogen-bond donors (Lipinski definition) is 2. The molecule has 2 aliphatic rings. The van der Waals surface area contributed by atoms with Crippen LogP contribution in [0.3, 0.4) is 0 Å². The Morgan fingerprint density at radius 3 is 1.73 bits per heavy atom. The third-order valence-electron chi connectivity index (χ3n) is 8.53. The summed E-state index contributed by atoms with van der Waals surface area (Å²) in [4.78, 5) is 27.9. The first kappa shape index (κ1) is 36.1. The molecule has 11 nitrogen and oxygen atoms in total. The van der Waals surface area contributed by atoms with Gasteiger partial charge in [-0.25, -0.2) is 9.59 Å². The molecule has 13 heteroatoms. The van der Waals surface area contributed by atoms with Gasteiger partial charge in [0.05, 0.1) is 21.4 Å². The van der Waals surface area contributed by atoms with E-state index in [0.717, 1.165) is 89.3 Å². The van der Waals surface area contributed by atoms with Crippen LogP contribution in [-0.4, -0.2) is 55.4 Å². The molecule has 0 saturated carbocycles. The summed E-state index contributed by atoms with van der Waals surface area (Å²) in [6.45, 7) is 15.3. The summed E-state index contributed by atoms with van der Waals surface area (Å²) >= 11 is 13.0. The summed E-state index contributed by atoms with van der Waals surface area (Å²) in [5.74, 6) is 1.28. The van der Waals surface area contributed by atoms with E-state index in [1.54, 1.807) is 11.7 Å². The maximum Gasteiger partial charge on any atom is 0.413 e. The van der Waals surface area contributed by atoms with E-state index >= 15 is 0 Å². The molecule has 4 heterocycles. The largest absolute Gasteiger partial charge is 0.477 e. The smallest absolute Gasteiger partial charge is 0.413 e. The van der Waals surface area contributed by atoms with Gasteiger partial charge in [0.15, 0.2) is 17.3 Å². The monoisotopic (exact) mass is 709 g/mol. The van der Waals surface area contributed by atoms with Crippen molar-refractivity contribution in [1.29, 1.82) is 0 Å². The van der Waals surface area contributed by atoms with Crippen LogP contribution < -0.4 is 15.1 Å². The second-order valence-electron chi connectivity index (χ2n) is 13.8. The normalized spacial score (nSPS) is 14.1. The number of aromatic nitrogens is 4. The van der Waals surface area contributed by atoms with Gasteiger partial charge in [0.2, 0.25) is 0 Å². The minimum absolute atomic E-state index is 0.264. The standard InChI is InChI=1S/C20H27ClN4O2.C16H18ClN3O2/c1-12-10-13(2)16(15(21)11-12)25-9-7-8-14-17(24(6)23-18(14)25)22-19(26)27-20(3,4)5;1-9-7-10(2)13(12(17)8-9)20-6-4-5-11-14(16(21)22)19(3)18-15(11)20/h10-11H,7-9H2,1-6H3,(H,22,26);7-8H,4-6H2,1-3H3,(H,21,22). The molecular formula is C36H45Cl2N7O4. The van der Waals surface area contributed by atoms with Crippen molar-refractivity contribution in [3.63, 3.8) is 0 Å². The van der Waals surface area contributed by atoms with Crippen LogP contribution in [0.4, 0.5) is 33.6 Å². The van der Waals surface area contributed by atoms with Crippen molar-refractivity contribution in [2.24, 2.45) is 14.1 Å². The fraction of sp³-hybridized carbons (Fsp3) is 0.444. The number of aromatic carboxylic acids is 1. The SMILES string of the molecule is Cc1cc(C)c(N2CCCc3c2nn(C)c3C(=O)O)c(Cl)c1.Cc1cc(C)c(N2CCCc3c2nn(C)c3NC(=O)OC(C)(C)C)c(Cl)c1. The Balaban J connectivity index is 0.000000195. The van der Waals surface area contributed by atoms with Gasteiger partial charge in [0, 0.05) is 38.3 Å². The molecule has 0 bridgehead atoms. The number of aryl methyl sites for hydroxylation is 6. The summed E-state index contributed by atoms with van der Waals surface area (Å²) in [7, 11) is 3.50. The van der Waals surface area contributed by atoms with Gasteiger partial charge >= 0.3 is 12.1 Å². The predicted octanol–water partition coefficient (Wildman–Crippen LogP) is 8.59. The maximum atomic E-state index is 12.3. The molecule has 49 heavy (non-hydrogen) atoms. The lowest BCUT2D eigenvalue weighted by Gasteiger charge is -2.30. The molecule has 262 valence electrons. The molecule has 0 aliphatic carbocycles. The van der Waals surface area contributed by atoms with Crippen LogP contribution in [0.25, 0.3) is 0 Å². The van der Waals surface area contributed by atoms with Gasteiger partial charge in [-0.1, -0.05) is 35.3 Å². The summed E-state index contributed by atoms with van der Waals surface area (Å²) in [6.07, 6.45) is 2.92. The number of carbonyl (C=O) groups excluding carboxylic acids is 1. The van der Waals surface area contributed by atoms with Gasteiger partial charge in [0.1, 0.15) is 11.4 Å². The number of carboxylic acid groups (broad SMARTS) is 1. The fourth-order valence-electron chi connectivity index (χ4n) is 6.80. The van der Waals surface area contributed by atoms with Crippen LogP contribution in [0.1, 0.15) is 77.5 Å². The summed E-state index contributed by atoms with van der Waals surface area (Å²) in [6, 6.07) is 8.11. The third-order valence-corrected chi connectivity index (χ3v) is 9.11. The average Bonchev–Trinajstić information content (AvgIpc) is 3.47. The summed E-state index contributed by atoms with van der Waals surface area (Å²) < 4.78 is 8.54. The molecule has 0 radical (unpaired) electrons. The first-order valence-electron chi connectivity index (χ1n) is 16.4. The molecule has 0 fully saturated rings. The van der Waals surface area contributed by atoms with E-state index in [2.05, 4.69) is 39.5 Å². The lowest BCUT2D eigenvalue weighted by Crippen LogP contribution is -2.28. The van der Waals surface area contributed by atoms with Crippen molar-refractivity contribution in [3.8, 4) is 0 Å². The number of fused-ring (bicyclic) bond motifs is 2. The van der Waals surface area contributed by atoms with E-state index in [1.807, 2.05) is 65.6 Å². The summed E-state index contributed by atoms with van der Waals surface area (Å²) in [5.41, 5.74) is 7.82. The van der Waals surface area contributed by atoms with Crippen LogP contribution in [0.5, 0.6) is 0 Å². The first-order valence-corrected chi connectivity index (χ1v) is 17.2. The van der Waals surface area contributed by atoms with Crippen molar-refractivity contribution >= 4 is 64.1 Å². The van der Waals surface area contributed by atoms with Gasteiger partial charge in [0.25, 0.3) is 0 Å². The molecule has 0 unspecified atom stereocenters. The highest BCUT2D eigenvalue weighted by molar-refractivity contribution is 6.34. The number of hydrogen-bond acceptors (Lipinski definition) is 7. The van der Waals surface area contributed by atoms with Crippen molar-refractivity contribution in [1.82, 2.24) is 19.6 Å². The van der Waals surface area contributed by atoms with Crippen LogP contribution in [0.15, 0.2) is 24.3 Å². The molecular weight excluding hydrogens is 665 g/mol. The number of carboxylic acids is 1. The van der Waals surface area contributed by atoms with Gasteiger partial charge in [-0.15, -0.1) is 0 Å². The molecule has 2 aromatic heterocycles. The number of rotatable bonds is 4. The number of ether oxygens (including phenoxy) is 1. The van der Waals surface area contributed by atoms with Crippen LogP contribution >= 0.6 is 23.2 Å². The number of halogens is 2. The molecule has 0 atom stereocenters. The Kier molecular flexibility index (Phi) is 10.3. The molecule has 6 rings (SSSR count). The molecule has 0 spiro atoms. The van der Waals surface area contributed by atoms with Gasteiger partial charge in [-0.3, -0.25) is 14.7 Å². The Morgan fingerprint density at radius 1 is 0.796 bits per heavy atom. The average molecular weight is 711 g/mol. The highest BCUT2D eigenvalue weighted by atomic mass is 35.5. The quantitative estimate of drug-likeness (QED) is 0.216. The Morgan fingerprint density at radius 2 is 1.27 bits per heavy atom. The van der Waals surface area contributed by atoms with E-state index in [4.69, 9.17) is 27.9 Å². The second-order valence-corrected chi connectivity index (χ2v) is 14.6. The van der Waals surface area contributed by atoms with Gasteiger partial charge in [-0.2, -0.15) is 10.2 Å². The minimum atomic E-state index is -0.940. The van der Waals surface area contributed by atoms with Crippen molar-refractivity contribution in [3.05, 3.63) is 73.4 Å². The number of anilines is 5. The summed E-state index contributed by atoms with van der Waals surface area (Å²) in [5, 5.41) is 22.8. The molecule has 0 saturated heterocycles. The number of nitrogens with one attached hydrogen (secondary N) is 1. The molecule has 2 aliphatic heterocycles. The highest BCUT2D eigenvalue weighted by Crippen LogP contribution is 2.42. The number of amides is 1. The van der Waals surface area contributed by atoms with Gasteiger partial charge < -0.3 is 19.6 Å². The Hall–Kier alpha value is -4.22. The topological polar surface area (TPSA) is 118 Å². The van der Waals surface area contributed by atoms with E-state index in [0.29, 0.717) is 21.7 Å². The van der Waals surface area contributed by atoms with E-state index in [9.17, 15) is 14.7 Å². The third kappa shape index (κ3) is 7.52. The zero-order chi connectivity index (χ0) is 35.9. The number of carbonyl (C=O) groups is 2. The predicted molar refractivity (Wildman–Crippen MR) is 196 cm³/mol. The number of nitrogens with zero attached hydrogens (tertiary/aromatic N) is 6. The highest BCUT2D eigenvalue weighted by Gasteiger charge is 2.31. The fourth-order valence-corrected chi connectivity index (χ4v) is 7.65. The lowest BCUT2D eigenvalue weighted by molar-refractivity contribution is 0.0632. The molecule has 4 aromatic rings. The van der Waals surface area contributed by atoms with E-state index in [-0.39, 0.29) is 5.69 Å². The lowest BCUT2D eigenvalue weighted by atomic mass is 10.0. The van der Waals surface area contributed by atoms with Crippen LogP contribution in [-0.2, 0) is 31.7 Å². The maximum absolute atomic E-state index is 12.3. The van der Waals surface area contributed by atoms with Crippen LogP contribution in [0.2, 0.25) is 10.0 Å². The zero-order valence-corrected chi connectivity index (χ0v) is 31.2. The van der Waals surface area contributed by atoms with Crippen LogP contribution in [0, 0.1) is 27.7 Å². The molecule has 2 N–H and O–H groups in total. The molecule has 1 amide bonds. The Labute approximate surface area is 297 Å². The molecule has 2 aromatic carbocycles. The number of benzene rings is 2. The van der Waals surface area contributed by atoms with Crippen molar-refractivity contribution < 1.29 is 19.4 Å². The van der Waals surface area contributed by atoms with Gasteiger partial charge in [-0.05, 0) is 109 Å². The van der Waals surface area contributed by atoms with Crippen molar-refractivity contribution in [2.45, 2.75) is 79.8 Å². The zero-order valence-electron chi connectivity index (χ0n) is 29.7. The second kappa shape index (κ2) is 14.0. The minimum Gasteiger partial charge on any atom is -0.477 e. The first-order chi connectivity index (χ1) is 23.0.